The fourth-order valence-corrected chi connectivity index (χ4v) is 5.39. The molecule has 0 saturated carbocycles. The summed E-state index contributed by atoms with van der Waals surface area (Å²) >= 11 is 0. The van der Waals surface area contributed by atoms with Crippen molar-refractivity contribution in [3.05, 3.63) is 0 Å². The van der Waals surface area contributed by atoms with Gasteiger partial charge in [0.15, 0.2) is 9.84 Å². The lowest BCUT2D eigenvalue weighted by molar-refractivity contribution is 0.161. The number of hydrogen-bond acceptors (Lipinski definition) is 5. The Morgan fingerprint density at radius 1 is 1.15 bits per heavy atom. The summed E-state index contributed by atoms with van der Waals surface area (Å²) in [6.45, 7) is 1.50. The molecular formula is C11H23N3O4S2. The Morgan fingerprint density at radius 3 is 2.20 bits per heavy atom. The average Bonchev–Trinajstić information content (AvgIpc) is 2.70. The highest BCUT2D eigenvalue weighted by Gasteiger charge is 2.34. The summed E-state index contributed by atoms with van der Waals surface area (Å²) in [5.74, 6) is 0.534. The van der Waals surface area contributed by atoms with Crippen molar-refractivity contribution in [2.24, 2.45) is 0 Å². The van der Waals surface area contributed by atoms with E-state index in [0.29, 0.717) is 6.42 Å². The molecule has 7 nitrogen and oxygen atoms in total. The molecule has 2 rings (SSSR count). The second kappa shape index (κ2) is 5.88. The van der Waals surface area contributed by atoms with Crippen LogP contribution in [0.15, 0.2) is 0 Å². The predicted octanol–water partition coefficient (Wildman–Crippen LogP) is -0.966. The Hall–Kier alpha value is -0.220. The topological polar surface area (TPSA) is 86.8 Å². The fourth-order valence-electron chi connectivity index (χ4n) is 2.76. The van der Waals surface area contributed by atoms with Gasteiger partial charge in [0.1, 0.15) is 0 Å². The highest BCUT2D eigenvalue weighted by molar-refractivity contribution is 7.91. The predicted molar refractivity (Wildman–Crippen MR) is 77.4 cm³/mol. The summed E-state index contributed by atoms with van der Waals surface area (Å²) in [6.07, 6.45) is 2.16. The van der Waals surface area contributed by atoms with Crippen molar-refractivity contribution in [3.63, 3.8) is 0 Å². The average molecular weight is 325 g/mol. The van der Waals surface area contributed by atoms with E-state index in [9.17, 15) is 16.8 Å². The molecule has 0 unspecified atom stereocenters. The third-order valence-corrected chi connectivity index (χ3v) is 7.39. The second-order valence-corrected chi connectivity index (χ2v) is 9.92. The highest BCUT2D eigenvalue weighted by atomic mass is 32.2. The Bertz CT molecular complexity index is 536. The van der Waals surface area contributed by atoms with Gasteiger partial charge in [-0.25, -0.2) is 8.42 Å². The quantitative estimate of drug-likeness (QED) is 0.719. The zero-order valence-corrected chi connectivity index (χ0v) is 13.6. The molecule has 2 heterocycles. The smallest absolute Gasteiger partial charge is 0.279 e. The van der Waals surface area contributed by atoms with E-state index in [1.807, 2.05) is 0 Å². The van der Waals surface area contributed by atoms with E-state index >= 15 is 0 Å². The summed E-state index contributed by atoms with van der Waals surface area (Å²) in [4.78, 5) is 2.19. The lowest BCUT2D eigenvalue weighted by Gasteiger charge is -2.35. The zero-order valence-electron chi connectivity index (χ0n) is 11.9. The maximum atomic E-state index is 11.7. The van der Waals surface area contributed by atoms with Crippen LogP contribution < -0.4 is 4.72 Å². The van der Waals surface area contributed by atoms with E-state index < -0.39 is 20.0 Å². The molecule has 2 saturated heterocycles. The molecule has 0 aliphatic carbocycles. The first-order valence-electron chi connectivity index (χ1n) is 6.84. The van der Waals surface area contributed by atoms with Crippen LogP contribution in [0.1, 0.15) is 19.3 Å². The normalized spacial score (nSPS) is 29.1. The zero-order chi connectivity index (χ0) is 15.0. The standard InChI is InChI=1S/C11H23N3O4S2/c1-13(2)20(17,18)12-10-3-6-14(7-4-10)11-5-8-19(15,16)9-11/h10-12H,3-9H2,1-2H3/t11-/m1/s1. The van der Waals surface area contributed by atoms with Crippen LogP contribution in [0.4, 0.5) is 0 Å². The van der Waals surface area contributed by atoms with Gasteiger partial charge in [-0.1, -0.05) is 0 Å². The first-order valence-corrected chi connectivity index (χ1v) is 10.1. The van der Waals surface area contributed by atoms with Crippen molar-refractivity contribution in [2.45, 2.75) is 31.3 Å². The summed E-state index contributed by atoms with van der Waals surface area (Å²) in [6, 6.07) is 0.0584. The number of likely N-dealkylation sites (tertiary alicyclic amines) is 1. The van der Waals surface area contributed by atoms with Crippen LogP contribution in [0, 0.1) is 0 Å². The molecule has 0 bridgehead atoms. The Morgan fingerprint density at radius 2 is 1.75 bits per heavy atom. The van der Waals surface area contributed by atoms with Gasteiger partial charge in [-0.15, -0.1) is 0 Å². The van der Waals surface area contributed by atoms with Crippen LogP contribution in [0.25, 0.3) is 0 Å². The first kappa shape index (κ1) is 16.2. The monoisotopic (exact) mass is 325 g/mol. The van der Waals surface area contributed by atoms with Gasteiger partial charge in [-0.05, 0) is 32.4 Å². The number of sulfone groups is 1. The molecule has 0 radical (unpaired) electrons. The van der Waals surface area contributed by atoms with Gasteiger partial charge in [-0.2, -0.15) is 17.4 Å². The van der Waals surface area contributed by atoms with Crippen LogP contribution in [-0.2, 0) is 20.0 Å². The molecule has 2 aliphatic rings. The summed E-state index contributed by atoms with van der Waals surface area (Å²) in [5.41, 5.74) is 0. The third kappa shape index (κ3) is 3.91. The molecule has 1 atom stereocenters. The second-order valence-electron chi connectivity index (χ2n) is 5.77. The third-order valence-electron chi connectivity index (χ3n) is 4.05. The highest BCUT2D eigenvalue weighted by Crippen LogP contribution is 2.22. The van der Waals surface area contributed by atoms with Crippen molar-refractivity contribution in [1.82, 2.24) is 13.9 Å². The van der Waals surface area contributed by atoms with Crippen LogP contribution >= 0.6 is 0 Å². The maximum Gasteiger partial charge on any atom is 0.279 e. The lowest BCUT2D eigenvalue weighted by atomic mass is 10.0. The molecule has 9 heteroatoms. The van der Waals surface area contributed by atoms with Gasteiger partial charge in [0.2, 0.25) is 0 Å². The number of nitrogens with one attached hydrogen (secondary N) is 1. The van der Waals surface area contributed by atoms with Crippen LogP contribution in [0.2, 0.25) is 0 Å². The Kier molecular flexibility index (Phi) is 4.75. The van der Waals surface area contributed by atoms with Crippen LogP contribution in [-0.4, -0.2) is 76.8 Å². The van der Waals surface area contributed by atoms with Gasteiger partial charge < -0.3 is 0 Å². The molecule has 0 aromatic heterocycles. The molecule has 0 spiro atoms. The van der Waals surface area contributed by atoms with Crippen molar-refractivity contribution in [2.75, 3.05) is 38.7 Å². The molecular weight excluding hydrogens is 302 g/mol. The maximum absolute atomic E-state index is 11.7. The lowest BCUT2D eigenvalue weighted by Crippen LogP contribution is -2.50. The van der Waals surface area contributed by atoms with Gasteiger partial charge in [-0.3, -0.25) is 4.90 Å². The minimum atomic E-state index is -3.38. The molecule has 0 aromatic rings. The summed E-state index contributed by atoms with van der Waals surface area (Å²) < 4.78 is 50.3. The minimum Gasteiger partial charge on any atom is -0.299 e. The molecule has 2 fully saturated rings. The van der Waals surface area contributed by atoms with E-state index in [0.717, 1.165) is 25.9 Å². The van der Waals surface area contributed by atoms with E-state index in [4.69, 9.17) is 0 Å². The van der Waals surface area contributed by atoms with Crippen molar-refractivity contribution in [3.8, 4) is 0 Å². The molecule has 2 aliphatic heterocycles. The molecule has 1 N–H and O–H groups in total. The molecule has 118 valence electrons. The first-order chi connectivity index (χ1) is 9.20. The number of nitrogens with zero attached hydrogens (tertiary/aromatic N) is 2. The summed E-state index contributed by atoms with van der Waals surface area (Å²) in [7, 11) is -3.24. The van der Waals surface area contributed by atoms with Crippen molar-refractivity contribution < 1.29 is 16.8 Å². The molecule has 0 amide bonds. The van der Waals surface area contributed by atoms with Crippen LogP contribution in [0.5, 0.6) is 0 Å². The van der Waals surface area contributed by atoms with Gasteiger partial charge in [0.05, 0.1) is 11.5 Å². The Balaban J connectivity index is 1.84. The number of piperidine rings is 1. The van der Waals surface area contributed by atoms with Gasteiger partial charge in [0.25, 0.3) is 10.2 Å². The molecule has 20 heavy (non-hydrogen) atoms. The van der Waals surface area contributed by atoms with E-state index in [1.54, 1.807) is 0 Å². The van der Waals surface area contributed by atoms with Crippen LogP contribution in [0.3, 0.4) is 0 Å². The van der Waals surface area contributed by atoms with Crippen molar-refractivity contribution >= 4 is 20.0 Å². The SMILES string of the molecule is CN(C)S(=O)(=O)NC1CCN([C@@H]2CCS(=O)(=O)C2)CC1. The number of rotatable bonds is 4. The van der Waals surface area contributed by atoms with Gasteiger partial charge >= 0.3 is 0 Å². The minimum absolute atomic E-state index is 0.0586. The van der Waals surface area contributed by atoms with E-state index in [1.165, 1.54) is 18.4 Å². The van der Waals surface area contributed by atoms with Gasteiger partial charge in [0, 0.05) is 26.2 Å². The fraction of sp³-hybridized carbons (Fsp3) is 1.00. The number of hydrogen-bond donors (Lipinski definition) is 1. The Labute approximate surface area is 121 Å². The largest absolute Gasteiger partial charge is 0.299 e. The van der Waals surface area contributed by atoms with Crippen molar-refractivity contribution in [1.29, 1.82) is 0 Å². The summed E-state index contributed by atoms with van der Waals surface area (Å²) in [5, 5.41) is 0. The van der Waals surface area contributed by atoms with E-state index in [-0.39, 0.29) is 23.6 Å². The van der Waals surface area contributed by atoms with E-state index in [2.05, 4.69) is 9.62 Å². The molecule has 0 aromatic carbocycles.